The number of benzene rings is 2. The molecule has 1 aliphatic heterocycles. The van der Waals surface area contributed by atoms with Crippen LogP contribution in [0.15, 0.2) is 54.0 Å². The van der Waals surface area contributed by atoms with Crippen molar-refractivity contribution in [3.05, 3.63) is 64.6 Å². The molecule has 0 aromatic heterocycles. The number of fused-ring (bicyclic) bond motifs is 1. The molecule has 0 saturated carbocycles. The molecule has 0 spiro atoms. The lowest BCUT2D eigenvalue weighted by molar-refractivity contribution is -0.146. The quantitative estimate of drug-likeness (QED) is 0.361. The van der Waals surface area contributed by atoms with Crippen LogP contribution in [-0.2, 0) is 19.1 Å². The number of carbonyl (C=O) groups excluding carboxylic acids is 2. The molecule has 0 bridgehead atoms. The van der Waals surface area contributed by atoms with Crippen molar-refractivity contribution < 1.29 is 38.4 Å². The second-order valence-corrected chi connectivity index (χ2v) is 7.47. The largest absolute Gasteiger partial charge is 0.492 e. The van der Waals surface area contributed by atoms with Gasteiger partial charge in [0.15, 0.2) is 11.5 Å². The summed E-state index contributed by atoms with van der Waals surface area (Å²) in [4.78, 5) is 24.5. The van der Waals surface area contributed by atoms with E-state index < -0.39 is 18.0 Å². The molecule has 0 saturated heterocycles. The van der Waals surface area contributed by atoms with Crippen LogP contribution in [0.25, 0.3) is 0 Å². The van der Waals surface area contributed by atoms with Crippen LogP contribution in [0.5, 0.6) is 17.2 Å². The molecule has 1 aliphatic rings. The molecule has 0 aliphatic carbocycles. The number of carbonyl (C=O) groups is 2. The van der Waals surface area contributed by atoms with Crippen molar-refractivity contribution in [2.45, 2.75) is 20.0 Å². The number of hydrogen-bond acceptors (Lipinski definition) is 9. The minimum absolute atomic E-state index is 0.0941. The third-order valence-corrected chi connectivity index (χ3v) is 4.82. The third-order valence-electron chi connectivity index (χ3n) is 4.59. The number of aliphatic hydroxyl groups is 1. The van der Waals surface area contributed by atoms with Crippen molar-refractivity contribution in [2.75, 3.05) is 32.9 Å². The Kier molecular flexibility index (Phi) is 9.15. The molecule has 1 atom stereocenters. The Morgan fingerprint density at radius 2 is 1.68 bits per heavy atom. The maximum Gasteiger partial charge on any atom is 0.378 e. The van der Waals surface area contributed by atoms with Crippen molar-refractivity contribution in [1.82, 2.24) is 5.32 Å². The molecule has 0 fully saturated rings. The lowest BCUT2D eigenvalue weighted by Gasteiger charge is -2.22. The number of ether oxygens (including phenoxy) is 5. The Morgan fingerprint density at radius 1 is 1.00 bits per heavy atom. The highest BCUT2D eigenvalue weighted by Gasteiger charge is 2.33. The fourth-order valence-corrected chi connectivity index (χ4v) is 3.23. The number of hydrogen-bond donors (Lipinski definition) is 2. The predicted molar refractivity (Wildman–Crippen MR) is 123 cm³/mol. The van der Waals surface area contributed by atoms with Crippen LogP contribution in [0.3, 0.4) is 0 Å². The molecule has 182 valence electrons. The van der Waals surface area contributed by atoms with E-state index in [0.29, 0.717) is 30.5 Å². The molecule has 34 heavy (non-hydrogen) atoms. The zero-order valence-corrected chi connectivity index (χ0v) is 19.6. The first-order valence-electron chi connectivity index (χ1n) is 10.8. The molecular formula is C24H26ClNO8. The highest BCUT2D eigenvalue weighted by atomic mass is 35.5. The summed E-state index contributed by atoms with van der Waals surface area (Å²) in [5.74, 6) is -1.55. The van der Waals surface area contributed by atoms with Gasteiger partial charge in [-0.1, -0.05) is 23.7 Å². The number of aliphatic hydroxyl groups excluding tert-OH is 1. The highest BCUT2D eigenvalue weighted by molar-refractivity contribution is 6.30. The van der Waals surface area contributed by atoms with E-state index in [1.165, 1.54) is 6.07 Å². The summed E-state index contributed by atoms with van der Waals surface area (Å²) in [6.07, 6.45) is -0.699. The smallest absolute Gasteiger partial charge is 0.378 e. The van der Waals surface area contributed by atoms with Crippen LogP contribution in [-0.4, -0.2) is 50.0 Å². The van der Waals surface area contributed by atoms with Gasteiger partial charge in [-0.3, -0.25) is 0 Å². The van der Waals surface area contributed by atoms with E-state index in [0.717, 1.165) is 5.56 Å². The van der Waals surface area contributed by atoms with E-state index in [9.17, 15) is 14.7 Å². The van der Waals surface area contributed by atoms with Crippen LogP contribution in [0.1, 0.15) is 25.5 Å². The monoisotopic (exact) mass is 491 g/mol. The molecule has 3 rings (SSSR count). The topological polar surface area (TPSA) is 113 Å². The Labute approximate surface area is 202 Å². The van der Waals surface area contributed by atoms with Gasteiger partial charge < -0.3 is 34.1 Å². The van der Waals surface area contributed by atoms with Crippen LogP contribution < -0.4 is 19.5 Å². The molecule has 2 aromatic carbocycles. The van der Waals surface area contributed by atoms with Gasteiger partial charge >= 0.3 is 11.9 Å². The average molecular weight is 492 g/mol. The van der Waals surface area contributed by atoms with Gasteiger partial charge in [0.25, 0.3) is 11.5 Å². The Morgan fingerprint density at radius 3 is 2.32 bits per heavy atom. The van der Waals surface area contributed by atoms with Gasteiger partial charge in [-0.25, -0.2) is 9.59 Å². The number of esters is 2. The SMILES string of the molecule is CCOC(=O)C1=C(C(=O)OCC)Oc2cc(OCCNCC(O)c3cccc(Cl)c3)ccc2O1. The maximum absolute atomic E-state index is 12.3. The fourth-order valence-electron chi connectivity index (χ4n) is 3.03. The Bertz CT molecular complexity index is 1060. The second kappa shape index (κ2) is 12.3. The van der Waals surface area contributed by atoms with Gasteiger partial charge in [-0.2, -0.15) is 0 Å². The van der Waals surface area contributed by atoms with Gasteiger partial charge in [0, 0.05) is 24.2 Å². The highest BCUT2D eigenvalue weighted by Crippen LogP contribution is 2.38. The third kappa shape index (κ3) is 6.63. The Hall–Kier alpha value is -3.27. The summed E-state index contributed by atoms with van der Waals surface area (Å²) in [5.41, 5.74) is 0.723. The molecule has 2 aromatic rings. The molecule has 2 N–H and O–H groups in total. The summed E-state index contributed by atoms with van der Waals surface area (Å²) < 4.78 is 26.8. The minimum Gasteiger partial charge on any atom is -0.492 e. The summed E-state index contributed by atoms with van der Waals surface area (Å²) >= 11 is 5.95. The first kappa shape index (κ1) is 25.4. The molecule has 9 nitrogen and oxygen atoms in total. The van der Waals surface area contributed by atoms with Crippen molar-refractivity contribution in [2.24, 2.45) is 0 Å². The van der Waals surface area contributed by atoms with Gasteiger partial charge in [0.1, 0.15) is 12.4 Å². The zero-order chi connectivity index (χ0) is 24.5. The number of nitrogens with one attached hydrogen (secondary N) is 1. The van der Waals surface area contributed by atoms with Crippen molar-refractivity contribution in [1.29, 1.82) is 0 Å². The predicted octanol–water partition coefficient (Wildman–Crippen LogP) is 3.15. The van der Waals surface area contributed by atoms with E-state index in [4.69, 9.17) is 35.3 Å². The van der Waals surface area contributed by atoms with E-state index in [1.54, 1.807) is 50.2 Å². The van der Waals surface area contributed by atoms with Crippen LogP contribution in [0.2, 0.25) is 5.02 Å². The first-order valence-corrected chi connectivity index (χ1v) is 11.2. The van der Waals surface area contributed by atoms with E-state index in [1.807, 2.05) is 0 Å². The van der Waals surface area contributed by atoms with Gasteiger partial charge in [-0.05, 0) is 43.7 Å². The van der Waals surface area contributed by atoms with E-state index in [2.05, 4.69) is 5.32 Å². The van der Waals surface area contributed by atoms with Gasteiger partial charge in [0.05, 0.1) is 19.3 Å². The molecular weight excluding hydrogens is 466 g/mol. The van der Waals surface area contributed by atoms with Crippen molar-refractivity contribution in [3.8, 4) is 17.2 Å². The summed E-state index contributed by atoms with van der Waals surface area (Å²) in [7, 11) is 0. The van der Waals surface area contributed by atoms with E-state index >= 15 is 0 Å². The van der Waals surface area contributed by atoms with Crippen LogP contribution in [0.4, 0.5) is 0 Å². The van der Waals surface area contributed by atoms with Crippen LogP contribution in [0, 0.1) is 0 Å². The zero-order valence-electron chi connectivity index (χ0n) is 18.8. The average Bonchev–Trinajstić information content (AvgIpc) is 2.83. The van der Waals surface area contributed by atoms with Gasteiger partial charge in [-0.15, -0.1) is 0 Å². The second-order valence-electron chi connectivity index (χ2n) is 7.04. The lowest BCUT2D eigenvalue weighted by Crippen LogP contribution is -2.27. The molecule has 1 heterocycles. The molecule has 0 radical (unpaired) electrons. The normalized spacial score (nSPS) is 13.3. The van der Waals surface area contributed by atoms with E-state index in [-0.39, 0.29) is 36.2 Å². The van der Waals surface area contributed by atoms with Crippen molar-refractivity contribution >= 4 is 23.5 Å². The minimum atomic E-state index is -0.843. The number of halogens is 1. The molecule has 0 amide bonds. The summed E-state index contributed by atoms with van der Waals surface area (Å²) in [5, 5.41) is 13.9. The standard InChI is InChI=1S/C24H26ClNO8/c1-3-30-23(28)21-22(24(29)31-4-2)34-20-13-17(8-9-19(20)33-21)32-11-10-26-14-18(27)15-6-5-7-16(25)12-15/h5-9,12-13,18,26-27H,3-4,10-11,14H2,1-2H3. The Balaban J connectivity index is 1.56. The molecule has 10 heteroatoms. The maximum atomic E-state index is 12.3. The lowest BCUT2D eigenvalue weighted by atomic mass is 10.1. The summed E-state index contributed by atoms with van der Waals surface area (Å²) in [6, 6.07) is 11.8. The van der Waals surface area contributed by atoms with Crippen LogP contribution >= 0.6 is 11.6 Å². The first-order chi connectivity index (χ1) is 16.4. The van der Waals surface area contributed by atoms with Gasteiger partial charge in [0.2, 0.25) is 0 Å². The van der Waals surface area contributed by atoms with Crippen molar-refractivity contribution in [3.63, 3.8) is 0 Å². The fraction of sp³-hybridized carbons (Fsp3) is 0.333. The summed E-state index contributed by atoms with van der Waals surface area (Å²) in [6.45, 7) is 4.56. The molecule has 1 unspecified atom stereocenters. The number of rotatable bonds is 11.